The van der Waals surface area contributed by atoms with Crippen molar-refractivity contribution < 1.29 is 21.5 Å². The smallest absolute Gasteiger partial charge is 0.358 e. The second-order valence-corrected chi connectivity index (χ2v) is 3.41. The molecule has 6 heteroatoms. The van der Waals surface area contributed by atoms with Gasteiger partial charge in [-0.25, -0.2) is 9.78 Å². The fraction of sp³-hybridized carbons (Fsp3) is 0.200. The number of aromatic nitrogens is 2. The summed E-state index contributed by atoms with van der Waals surface area (Å²) in [5.74, 6) is -1.95. The Balaban J connectivity index is 2.72. The van der Waals surface area contributed by atoms with Gasteiger partial charge in [-0.1, -0.05) is 11.6 Å². The molecule has 0 atom stereocenters. The molecule has 2 aromatic rings. The number of pyridine rings is 1. The topological polar surface area (TPSA) is 64.3 Å². The second-order valence-electron chi connectivity index (χ2n) is 3.00. The van der Waals surface area contributed by atoms with Crippen molar-refractivity contribution in [3.8, 4) is 5.75 Å². The summed E-state index contributed by atoms with van der Waals surface area (Å²) in [7, 11) is -2.85. The number of carboxylic acids is 1. The fourth-order valence-corrected chi connectivity index (χ4v) is 1.59. The summed E-state index contributed by atoms with van der Waals surface area (Å²) in [4.78, 5) is 14.9. The van der Waals surface area contributed by atoms with Crippen molar-refractivity contribution in [2.45, 2.75) is 0 Å². The molecule has 0 aliphatic carbocycles. The predicted molar refractivity (Wildman–Crippen MR) is 59.2 cm³/mol. The van der Waals surface area contributed by atoms with Crippen molar-refractivity contribution in [2.75, 3.05) is 7.04 Å². The van der Waals surface area contributed by atoms with Gasteiger partial charge < -0.3 is 14.4 Å². The fourth-order valence-electron chi connectivity index (χ4n) is 1.34. The highest BCUT2D eigenvalue weighted by Crippen LogP contribution is 2.29. The third-order valence-electron chi connectivity index (χ3n) is 2.03. The van der Waals surface area contributed by atoms with E-state index in [1.165, 1.54) is 6.20 Å². The zero-order chi connectivity index (χ0) is 15.9. The van der Waals surface area contributed by atoms with Gasteiger partial charge in [0.2, 0.25) is 0 Å². The average Bonchev–Trinajstić information content (AvgIpc) is 2.63. The van der Waals surface area contributed by atoms with E-state index >= 15 is 0 Å². The Hall–Kier alpha value is -1.75. The number of hydrogen-bond donors (Lipinski definition) is 1. The molecule has 1 N–H and O–H groups in total. The maximum atomic E-state index is 11.2. The predicted octanol–water partition coefficient (Wildman–Crippen LogP) is 1.93. The quantitative estimate of drug-likeness (QED) is 0.878. The maximum absolute atomic E-state index is 11.2. The standard InChI is InChI=1S/C10H9ClN2O3/c1-13-4-6(11)5-3-7(16-2)8(10(14)15)12-9(5)13/h3-4H,1-2H3,(H,14,15)/i1D2,2D3. The normalized spacial score (nSPS) is 16.2. The lowest BCUT2D eigenvalue weighted by Crippen LogP contribution is -2.04. The van der Waals surface area contributed by atoms with Crippen LogP contribution in [0.2, 0.25) is 5.02 Å². The molecule has 2 aromatic heterocycles. The molecule has 0 aliphatic heterocycles. The Bertz CT molecular complexity index is 713. The Morgan fingerprint density at radius 1 is 1.75 bits per heavy atom. The molecule has 5 nitrogen and oxygen atoms in total. The summed E-state index contributed by atoms with van der Waals surface area (Å²) in [6.45, 7) is -1.48. The van der Waals surface area contributed by atoms with E-state index in [1.807, 2.05) is 0 Å². The monoisotopic (exact) mass is 245 g/mol. The van der Waals surface area contributed by atoms with Gasteiger partial charge in [-0.3, -0.25) is 0 Å². The molecular weight excluding hydrogens is 232 g/mol. The number of halogens is 1. The SMILES string of the molecule is [2H]C([2H])n1cc(Cl)c2cc(OC([2H])([2H])[2H])c(C(=O)O)nc21. The number of ether oxygens (including phenoxy) is 1. The Morgan fingerprint density at radius 3 is 3.19 bits per heavy atom. The molecule has 0 aliphatic rings. The minimum absolute atomic E-state index is 0.00899. The molecule has 84 valence electrons. The lowest BCUT2D eigenvalue weighted by molar-refractivity contribution is 0.0687. The van der Waals surface area contributed by atoms with Crippen LogP contribution in [0.3, 0.4) is 0 Å². The van der Waals surface area contributed by atoms with Gasteiger partial charge in [0.05, 0.1) is 16.2 Å². The van der Waals surface area contributed by atoms with Crippen LogP contribution in [0.4, 0.5) is 0 Å². The van der Waals surface area contributed by atoms with Crippen molar-refractivity contribution in [2.24, 2.45) is 7.00 Å². The number of nitrogens with zero attached hydrogens (tertiary/aromatic N) is 2. The van der Waals surface area contributed by atoms with E-state index in [0.29, 0.717) is 0 Å². The molecule has 0 saturated carbocycles. The minimum Gasteiger partial charge on any atom is -0.494 e. The molecule has 0 amide bonds. The summed E-state index contributed by atoms with van der Waals surface area (Å²) in [6, 6.07) is 1.12. The highest BCUT2D eigenvalue weighted by Gasteiger charge is 2.17. The second kappa shape index (κ2) is 3.68. The zero-order valence-electron chi connectivity index (χ0n) is 12.8. The first kappa shape index (κ1) is 6.10. The third kappa shape index (κ3) is 1.49. The van der Waals surface area contributed by atoms with Crippen LogP contribution in [0.5, 0.6) is 5.75 Å². The molecule has 16 heavy (non-hydrogen) atoms. The molecule has 0 fully saturated rings. The van der Waals surface area contributed by atoms with Crippen LogP contribution in [0.25, 0.3) is 11.0 Å². The van der Waals surface area contributed by atoms with Crippen LogP contribution in [0.1, 0.15) is 17.3 Å². The zero-order valence-corrected chi connectivity index (χ0v) is 8.52. The molecule has 0 saturated heterocycles. The van der Waals surface area contributed by atoms with E-state index in [1.54, 1.807) is 0 Å². The van der Waals surface area contributed by atoms with Crippen LogP contribution >= 0.6 is 11.6 Å². The van der Waals surface area contributed by atoms with Gasteiger partial charge in [0, 0.05) is 21.3 Å². The number of hydrogen-bond acceptors (Lipinski definition) is 3. The van der Waals surface area contributed by atoms with Crippen LogP contribution in [-0.4, -0.2) is 27.7 Å². The van der Waals surface area contributed by atoms with Crippen molar-refractivity contribution in [1.82, 2.24) is 9.55 Å². The van der Waals surface area contributed by atoms with Crippen LogP contribution < -0.4 is 4.74 Å². The van der Waals surface area contributed by atoms with Crippen molar-refractivity contribution in [3.63, 3.8) is 0 Å². The number of methoxy groups -OCH3 is 1. The molecule has 2 rings (SSSR count). The van der Waals surface area contributed by atoms with Gasteiger partial charge >= 0.3 is 5.97 Å². The maximum Gasteiger partial charge on any atom is 0.358 e. The van der Waals surface area contributed by atoms with Gasteiger partial charge in [-0.05, 0) is 6.07 Å². The summed E-state index contributed by atoms with van der Waals surface area (Å²) < 4.78 is 41.5. The van der Waals surface area contributed by atoms with Crippen LogP contribution in [0, 0.1) is 0 Å². The molecule has 0 aromatic carbocycles. The molecule has 0 bridgehead atoms. The van der Waals surface area contributed by atoms with Gasteiger partial charge in [0.1, 0.15) is 5.65 Å². The summed E-state index contributed by atoms with van der Waals surface area (Å²) >= 11 is 5.93. The number of fused-ring (bicyclic) bond motifs is 1. The summed E-state index contributed by atoms with van der Waals surface area (Å²) in [5.41, 5.74) is -0.638. The Morgan fingerprint density at radius 2 is 2.56 bits per heavy atom. The number of carbonyl (C=O) groups is 1. The minimum atomic E-state index is -2.85. The third-order valence-corrected chi connectivity index (χ3v) is 2.34. The van der Waals surface area contributed by atoms with Gasteiger partial charge in [-0.15, -0.1) is 0 Å². The van der Waals surface area contributed by atoms with E-state index in [4.69, 9.17) is 23.6 Å². The number of aromatic carboxylic acids is 1. The lowest BCUT2D eigenvalue weighted by Gasteiger charge is -2.04. The Labute approximate surface area is 103 Å². The first-order valence-electron chi connectivity index (χ1n) is 6.73. The summed E-state index contributed by atoms with van der Waals surface area (Å²) in [6.07, 6.45) is 1.24. The van der Waals surface area contributed by atoms with Crippen LogP contribution in [0.15, 0.2) is 12.3 Å². The number of carboxylic acid groups (broad SMARTS) is 1. The highest BCUT2D eigenvalue weighted by atomic mass is 35.5. The average molecular weight is 246 g/mol. The Kier molecular flexibility index (Phi) is 1.40. The van der Waals surface area contributed by atoms with E-state index < -0.39 is 31.5 Å². The molecule has 0 radical (unpaired) electrons. The van der Waals surface area contributed by atoms with Gasteiger partial charge in [0.15, 0.2) is 11.4 Å². The van der Waals surface area contributed by atoms with E-state index in [9.17, 15) is 4.79 Å². The lowest BCUT2D eigenvalue weighted by atomic mass is 10.2. The molecule has 0 spiro atoms. The highest BCUT2D eigenvalue weighted by molar-refractivity contribution is 6.35. The van der Waals surface area contributed by atoms with Crippen molar-refractivity contribution >= 4 is 28.6 Å². The largest absolute Gasteiger partial charge is 0.494 e. The van der Waals surface area contributed by atoms with Gasteiger partial charge in [-0.2, -0.15) is 0 Å². The van der Waals surface area contributed by atoms with Crippen molar-refractivity contribution in [1.29, 1.82) is 0 Å². The van der Waals surface area contributed by atoms with E-state index in [0.717, 1.165) is 10.6 Å². The summed E-state index contributed by atoms with van der Waals surface area (Å²) in [5, 5.41) is 9.40. The van der Waals surface area contributed by atoms with E-state index in [2.05, 4.69) is 9.72 Å². The number of rotatable bonds is 2. The molecular formula is C10H9ClN2O3. The van der Waals surface area contributed by atoms with Gasteiger partial charge in [0.25, 0.3) is 0 Å². The molecule has 2 heterocycles. The number of aryl methyl sites for hydroxylation is 1. The van der Waals surface area contributed by atoms with Crippen molar-refractivity contribution in [3.05, 3.63) is 23.0 Å². The first-order chi connectivity index (χ1) is 9.60. The molecule has 0 unspecified atom stereocenters. The first-order valence-corrected chi connectivity index (χ1v) is 4.46. The van der Waals surface area contributed by atoms with Crippen LogP contribution in [-0.2, 0) is 7.00 Å². The van der Waals surface area contributed by atoms with E-state index in [-0.39, 0.29) is 16.1 Å².